The molecular weight excluding hydrogens is 318 g/mol. The van der Waals surface area contributed by atoms with E-state index in [1.54, 1.807) is 21.3 Å². The minimum absolute atomic E-state index is 0.0811. The van der Waals surface area contributed by atoms with Gasteiger partial charge in [0.1, 0.15) is 0 Å². The van der Waals surface area contributed by atoms with E-state index in [4.69, 9.17) is 14.2 Å². The lowest BCUT2D eigenvalue weighted by atomic mass is 10.0. The van der Waals surface area contributed by atoms with Crippen LogP contribution in [0, 0.1) is 5.92 Å². The summed E-state index contributed by atoms with van der Waals surface area (Å²) in [6, 6.07) is 3.71. The Hall–Kier alpha value is -1.91. The Morgan fingerprint density at radius 3 is 2.08 bits per heavy atom. The molecule has 0 fully saturated rings. The normalized spacial score (nSPS) is 10.6. The Bertz CT molecular complexity index is 503. The number of ether oxygens (including phenoxy) is 3. The van der Waals surface area contributed by atoms with E-state index in [1.165, 1.54) is 19.3 Å². The van der Waals surface area contributed by atoms with Crippen LogP contribution in [0.15, 0.2) is 12.1 Å². The second kappa shape index (κ2) is 11.6. The zero-order valence-electron chi connectivity index (χ0n) is 16.3. The molecule has 1 amide bonds. The first-order chi connectivity index (χ1) is 12.0. The molecule has 0 spiro atoms. The highest BCUT2D eigenvalue weighted by molar-refractivity contribution is 5.75. The zero-order chi connectivity index (χ0) is 18.7. The fourth-order valence-corrected chi connectivity index (χ4v) is 2.72. The van der Waals surface area contributed by atoms with Crippen molar-refractivity contribution in [3.8, 4) is 17.2 Å². The van der Waals surface area contributed by atoms with E-state index in [0.29, 0.717) is 30.2 Å². The fourth-order valence-electron chi connectivity index (χ4n) is 2.72. The van der Waals surface area contributed by atoms with Crippen LogP contribution in [0.2, 0.25) is 0 Å². The Kier molecular flexibility index (Phi) is 9.81. The summed E-state index contributed by atoms with van der Waals surface area (Å²) in [5.41, 5.74) is 0.916. The van der Waals surface area contributed by atoms with Gasteiger partial charge in [-0.2, -0.15) is 0 Å². The summed E-state index contributed by atoms with van der Waals surface area (Å²) >= 11 is 0. The van der Waals surface area contributed by atoms with Gasteiger partial charge in [0.15, 0.2) is 11.5 Å². The molecule has 1 aromatic carbocycles. The van der Waals surface area contributed by atoms with E-state index >= 15 is 0 Å². The van der Waals surface area contributed by atoms with Crippen LogP contribution in [-0.4, -0.2) is 27.2 Å². The zero-order valence-corrected chi connectivity index (χ0v) is 16.3. The molecule has 5 heteroatoms. The number of benzene rings is 1. The number of hydrogen-bond acceptors (Lipinski definition) is 4. The molecule has 0 radical (unpaired) electrons. The van der Waals surface area contributed by atoms with Gasteiger partial charge < -0.3 is 19.5 Å². The predicted octanol–water partition coefficient (Wildman–Crippen LogP) is 4.33. The largest absolute Gasteiger partial charge is 0.493 e. The van der Waals surface area contributed by atoms with Gasteiger partial charge in [-0.15, -0.1) is 0 Å². The smallest absolute Gasteiger partial charge is 0.220 e. The molecule has 0 saturated carbocycles. The number of hydrogen-bond donors (Lipinski definition) is 1. The molecule has 1 N–H and O–H groups in total. The second-order valence-corrected chi connectivity index (χ2v) is 6.66. The molecule has 1 rings (SSSR count). The highest BCUT2D eigenvalue weighted by Gasteiger charge is 2.13. The highest BCUT2D eigenvalue weighted by atomic mass is 16.5. The third-order valence-electron chi connectivity index (χ3n) is 4.15. The van der Waals surface area contributed by atoms with Crippen LogP contribution in [0.5, 0.6) is 17.2 Å². The van der Waals surface area contributed by atoms with E-state index in [0.717, 1.165) is 24.3 Å². The highest BCUT2D eigenvalue weighted by Crippen LogP contribution is 2.38. The van der Waals surface area contributed by atoms with Crippen LogP contribution in [-0.2, 0) is 11.3 Å². The first-order valence-electron chi connectivity index (χ1n) is 9.07. The molecule has 25 heavy (non-hydrogen) atoms. The van der Waals surface area contributed by atoms with Crippen molar-refractivity contribution in [3.63, 3.8) is 0 Å². The molecule has 0 unspecified atom stereocenters. The molecule has 0 aliphatic heterocycles. The Morgan fingerprint density at radius 2 is 1.56 bits per heavy atom. The van der Waals surface area contributed by atoms with Gasteiger partial charge >= 0.3 is 0 Å². The number of rotatable bonds is 12. The van der Waals surface area contributed by atoms with Gasteiger partial charge in [0.2, 0.25) is 11.7 Å². The van der Waals surface area contributed by atoms with Crippen molar-refractivity contribution < 1.29 is 19.0 Å². The average molecular weight is 351 g/mol. The SMILES string of the molecule is COc1cc(CNC(=O)CCCCCCC(C)C)cc(OC)c1OC. The van der Waals surface area contributed by atoms with Crippen molar-refractivity contribution in [1.29, 1.82) is 0 Å². The van der Waals surface area contributed by atoms with Crippen molar-refractivity contribution >= 4 is 5.91 Å². The Morgan fingerprint density at radius 1 is 0.960 bits per heavy atom. The lowest BCUT2D eigenvalue weighted by molar-refractivity contribution is -0.121. The Balaban J connectivity index is 2.40. The van der Waals surface area contributed by atoms with Crippen LogP contribution in [0.1, 0.15) is 57.9 Å². The third-order valence-corrected chi connectivity index (χ3v) is 4.15. The average Bonchev–Trinajstić information content (AvgIpc) is 2.61. The maximum absolute atomic E-state index is 12.0. The van der Waals surface area contributed by atoms with Crippen LogP contribution in [0.4, 0.5) is 0 Å². The molecule has 0 aliphatic carbocycles. The van der Waals surface area contributed by atoms with E-state index in [9.17, 15) is 4.79 Å². The molecule has 0 atom stereocenters. The molecule has 0 heterocycles. The third kappa shape index (κ3) is 7.67. The number of methoxy groups -OCH3 is 3. The first kappa shape index (κ1) is 21.1. The topological polar surface area (TPSA) is 56.8 Å². The summed E-state index contributed by atoms with van der Waals surface area (Å²) in [6.07, 6.45) is 6.37. The van der Waals surface area contributed by atoms with Crippen molar-refractivity contribution in [2.45, 2.75) is 58.9 Å². The monoisotopic (exact) mass is 351 g/mol. The minimum atomic E-state index is 0.0811. The molecule has 1 aromatic rings. The number of carbonyl (C=O) groups is 1. The second-order valence-electron chi connectivity index (χ2n) is 6.66. The van der Waals surface area contributed by atoms with Crippen LogP contribution in [0.25, 0.3) is 0 Å². The van der Waals surface area contributed by atoms with Crippen molar-refractivity contribution in [3.05, 3.63) is 17.7 Å². The summed E-state index contributed by atoms with van der Waals surface area (Å²) in [4.78, 5) is 12.0. The molecule has 142 valence electrons. The number of nitrogens with one attached hydrogen (secondary N) is 1. The number of unbranched alkanes of at least 4 members (excludes halogenated alkanes) is 3. The summed E-state index contributed by atoms with van der Waals surface area (Å²) in [6.45, 7) is 4.94. The Labute approximate surface area is 152 Å². The quantitative estimate of drug-likeness (QED) is 0.570. The van der Waals surface area contributed by atoms with Gasteiger partial charge in [0.05, 0.1) is 21.3 Å². The van der Waals surface area contributed by atoms with E-state index < -0.39 is 0 Å². The number of carbonyl (C=O) groups excluding carboxylic acids is 1. The van der Waals surface area contributed by atoms with Gasteiger partial charge in [-0.1, -0.05) is 39.5 Å². The van der Waals surface area contributed by atoms with Crippen LogP contribution in [0.3, 0.4) is 0 Å². The number of amides is 1. The van der Waals surface area contributed by atoms with Crippen LogP contribution < -0.4 is 19.5 Å². The predicted molar refractivity (Wildman–Crippen MR) is 100 cm³/mol. The maximum Gasteiger partial charge on any atom is 0.220 e. The molecule has 0 aromatic heterocycles. The summed E-state index contributed by atoms with van der Waals surface area (Å²) in [7, 11) is 4.74. The standard InChI is InChI=1S/C20H33NO4/c1-15(2)10-8-6-7-9-11-19(22)21-14-16-12-17(23-3)20(25-5)18(13-16)24-4/h12-13,15H,6-11,14H2,1-5H3,(H,21,22). The van der Waals surface area contributed by atoms with Gasteiger partial charge in [-0.05, 0) is 30.0 Å². The van der Waals surface area contributed by atoms with Crippen molar-refractivity contribution in [1.82, 2.24) is 5.32 Å². The summed E-state index contributed by atoms with van der Waals surface area (Å²) in [5.74, 6) is 2.59. The molecule has 5 nitrogen and oxygen atoms in total. The van der Waals surface area contributed by atoms with Gasteiger partial charge in [-0.25, -0.2) is 0 Å². The van der Waals surface area contributed by atoms with Gasteiger partial charge in [0, 0.05) is 13.0 Å². The molecule has 0 saturated heterocycles. The maximum atomic E-state index is 12.0. The summed E-state index contributed by atoms with van der Waals surface area (Å²) < 4.78 is 16.0. The van der Waals surface area contributed by atoms with E-state index in [1.807, 2.05) is 12.1 Å². The fraction of sp³-hybridized carbons (Fsp3) is 0.650. The molecule has 0 bridgehead atoms. The lowest BCUT2D eigenvalue weighted by Gasteiger charge is -2.14. The van der Waals surface area contributed by atoms with Crippen LogP contribution >= 0.6 is 0 Å². The first-order valence-corrected chi connectivity index (χ1v) is 9.07. The van der Waals surface area contributed by atoms with Crippen molar-refractivity contribution in [2.24, 2.45) is 5.92 Å². The minimum Gasteiger partial charge on any atom is -0.493 e. The molecular formula is C20H33NO4. The van der Waals surface area contributed by atoms with Gasteiger partial charge in [0.25, 0.3) is 0 Å². The van der Waals surface area contributed by atoms with E-state index in [2.05, 4.69) is 19.2 Å². The molecule has 0 aliphatic rings. The van der Waals surface area contributed by atoms with Crippen molar-refractivity contribution in [2.75, 3.05) is 21.3 Å². The lowest BCUT2D eigenvalue weighted by Crippen LogP contribution is -2.22. The van der Waals surface area contributed by atoms with Gasteiger partial charge in [-0.3, -0.25) is 4.79 Å². The summed E-state index contributed by atoms with van der Waals surface area (Å²) in [5, 5.41) is 2.96. The van der Waals surface area contributed by atoms with E-state index in [-0.39, 0.29) is 5.91 Å².